The Morgan fingerprint density at radius 2 is 1.87 bits per heavy atom. The predicted octanol–water partition coefficient (Wildman–Crippen LogP) is 3.32. The molecule has 1 fully saturated rings. The summed E-state index contributed by atoms with van der Waals surface area (Å²) in [7, 11) is 1.53. The number of carbonyl (C=O) groups is 2. The van der Waals surface area contributed by atoms with E-state index in [1.54, 1.807) is 52.8 Å². The lowest BCUT2D eigenvalue weighted by atomic mass is 9.94. The number of thiazole rings is 1. The van der Waals surface area contributed by atoms with Gasteiger partial charge in [-0.2, -0.15) is 0 Å². The molecule has 0 spiro atoms. The van der Waals surface area contributed by atoms with Crippen molar-refractivity contribution in [2.24, 2.45) is 4.99 Å². The number of carbonyl (C=O) groups excluding carboxylic acids is 2. The van der Waals surface area contributed by atoms with Crippen molar-refractivity contribution in [3.8, 4) is 23.0 Å². The second-order valence-electron chi connectivity index (χ2n) is 10.8. The minimum atomic E-state index is -0.767. The van der Waals surface area contributed by atoms with Crippen molar-refractivity contribution < 1.29 is 33.3 Å². The molecule has 3 aromatic rings. The third kappa shape index (κ3) is 6.06. The number of rotatable bonds is 10. The number of likely N-dealkylation sites (tertiary alicyclic amines) is 1. The Balaban J connectivity index is 1.40. The summed E-state index contributed by atoms with van der Waals surface area (Å²) in [6.45, 7) is 5.49. The van der Waals surface area contributed by atoms with Crippen LogP contribution < -0.4 is 33.8 Å². The van der Waals surface area contributed by atoms with Crippen LogP contribution in [-0.4, -0.2) is 61.5 Å². The quantitative estimate of drug-likeness (QED) is 0.312. The summed E-state index contributed by atoms with van der Waals surface area (Å²) in [4.78, 5) is 47.1. The van der Waals surface area contributed by atoms with E-state index in [1.807, 2.05) is 13.0 Å². The maximum Gasteiger partial charge on any atom is 0.338 e. The van der Waals surface area contributed by atoms with Crippen molar-refractivity contribution in [2.75, 3.05) is 40.2 Å². The fraction of sp³-hybridized carbons (Fsp3) is 0.394. The molecule has 0 saturated carbocycles. The van der Waals surface area contributed by atoms with Gasteiger partial charge in [0.25, 0.3) is 11.5 Å². The Bertz CT molecular complexity index is 1840. The first-order valence-corrected chi connectivity index (χ1v) is 15.9. The third-order valence-electron chi connectivity index (χ3n) is 7.90. The van der Waals surface area contributed by atoms with Gasteiger partial charge in [-0.15, -0.1) is 0 Å². The highest BCUT2D eigenvalue weighted by Gasteiger charge is 2.35. The zero-order valence-electron chi connectivity index (χ0n) is 25.5. The monoisotopic (exact) mass is 633 g/mol. The Hall–Kier alpha value is -4.58. The molecule has 4 heterocycles. The molecule has 1 saturated heterocycles. The number of fused-ring (bicyclic) bond motifs is 2. The van der Waals surface area contributed by atoms with E-state index >= 15 is 0 Å². The van der Waals surface area contributed by atoms with Gasteiger partial charge in [-0.3, -0.25) is 14.2 Å². The van der Waals surface area contributed by atoms with Gasteiger partial charge in [-0.05, 0) is 67.7 Å². The fourth-order valence-electron chi connectivity index (χ4n) is 5.76. The maximum atomic E-state index is 14.1. The number of esters is 1. The standard InChI is InChI=1S/C33H35N3O8S/c1-4-8-22-29(32(39)41-5-2)30(21-10-12-24-26(17-21)44-19-43-24)36-31(38)27(45-33(36)34-22)16-20-9-11-23(25(15-20)40-3)42-18-28(37)35-13-6-7-14-35/h9-12,15-17,30H,4-8,13-14,18-19H2,1-3H3/b27-16+/t30-/m0/s1. The van der Waals surface area contributed by atoms with Crippen LogP contribution >= 0.6 is 11.3 Å². The Morgan fingerprint density at radius 1 is 1.07 bits per heavy atom. The molecule has 1 amide bonds. The highest BCUT2D eigenvalue weighted by atomic mass is 32.1. The Kier molecular flexibility index (Phi) is 8.92. The minimum Gasteiger partial charge on any atom is -0.493 e. The van der Waals surface area contributed by atoms with E-state index in [1.165, 1.54) is 18.4 Å². The van der Waals surface area contributed by atoms with Crippen LogP contribution in [0.25, 0.3) is 6.08 Å². The third-order valence-corrected chi connectivity index (χ3v) is 8.88. The van der Waals surface area contributed by atoms with Gasteiger partial charge < -0.3 is 28.6 Å². The largest absolute Gasteiger partial charge is 0.493 e. The molecule has 3 aliphatic heterocycles. The van der Waals surface area contributed by atoms with Crippen LogP contribution in [0.3, 0.4) is 0 Å². The summed E-state index contributed by atoms with van der Waals surface area (Å²) >= 11 is 1.25. The van der Waals surface area contributed by atoms with Crippen LogP contribution in [0.1, 0.15) is 56.7 Å². The van der Waals surface area contributed by atoms with Crippen molar-refractivity contribution in [3.05, 3.63) is 78.5 Å². The van der Waals surface area contributed by atoms with Crippen LogP contribution in [0.4, 0.5) is 0 Å². The Labute approximate surface area is 263 Å². The lowest BCUT2D eigenvalue weighted by molar-refractivity contribution is -0.139. The summed E-state index contributed by atoms with van der Waals surface area (Å²) < 4.78 is 30.0. The highest BCUT2D eigenvalue weighted by molar-refractivity contribution is 7.07. The molecule has 45 heavy (non-hydrogen) atoms. The number of nitrogens with zero attached hydrogens (tertiary/aromatic N) is 3. The van der Waals surface area contributed by atoms with Crippen molar-refractivity contribution >= 4 is 29.3 Å². The molecule has 0 N–H and O–H groups in total. The molecule has 236 valence electrons. The molecule has 6 rings (SSSR count). The summed E-state index contributed by atoms with van der Waals surface area (Å²) in [6.07, 6.45) is 5.07. The SMILES string of the molecule is CCCC1=C(C(=O)OCC)[C@H](c2ccc3c(c2)OCO3)n2c(s/c(=C/c3ccc(OCC(=O)N4CCCC4)c(OC)c3)c2=O)=N1. The minimum absolute atomic E-state index is 0.0543. The number of hydrogen-bond acceptors (Lipinski definition) is 10. The van der Waals surface area contributed by atoms with Crippen molar-refractivity contribution in [1.29, 1.82) is 0 Å². The van der Waals surface area contributed by atoms with Gasteiger partial charge in [0.2, 0.25) is 6.79 Å². The molecule has 1 atom stereocenters. The van der Waals surface area contributed by atoms with Crippen LogP contribution in [0.5, 0.6) is 23.0 Å². The zero-order valence-corrected chi connectivity index (χ0v) is 26.3. The molecule has 12 heteroatoms. The lowest BCUT2D eigenvalue weighted by Gasteiger charge is -2.25. The van der Waals surface area contributed by atoms with Crippen LogP contribution in [0.2, 0.25) is 0 Å². The summed E-state index contributed by atoms with van der Waals surface area (Å²) in [5.74, 6) is 1.46. The molecule has 0 radical (unpaired) electrons. The molecular formula is C33H35N3O8S. The molecule has 11 nitrogen and oxygen atoms in total. The first-order valence-electron chi connectivity index (χ1n) is 15.1. The second kappa shape index (κ2) is 13.2. The van der Waals surface area contributed by atoms with Gasteiger partial charge in [0, 0.05) is 13.1 Å². The van der Waals surface area contributed by atoms with Crippen molar-refractivity contribution in [3.63, 3.8) is 0 Å². The number of amides is 1. The van der Waals surface area contributed by atoms with Gasteiger partial charge in [0.15, 0.2) is 34.4 Å². The van der Waals surface area contributed by atoms with Crippen molar-refractivity contribution in [1.82, 2.24) is 9.47 Å². The topological polar surface area (TPSA) is 118 Å². The van der Waals surface area contributed by atoms with Gasteiger partial charge in [0.05, 0.1) is 35.6 Å². The number of benzene rings is 2. The first-order chi connectivity index (χ1) is 21.9. The number of ether oxygens (including phenoxy) is 5. The molecule has 0 bridgehead atoms. The van der Waals surface area contributed by atoms with E-state index in [2.05, 4.69) is 0 Å². The Morgan fingerprint density at radius 3 is 2.62 bits per heavy atom. The number of aromatic nitrogens is 1. The molecular weight excluding hydrogens is 598 g/mol. The van der Waals surface area contributed by atoms with Crippen LogP contribution in [0.15, 0.2) is 57.5 Å². The van der Waals surface area contributed by atoms with Crippen LogP contribution in [0, 0.1) is 0 Å². The van der Waals surface area contributed by atoms with Gasteiger partial charge in [-0.1, -0.05) is 36.8 Å². The molecule has 0 unspecified atom stereocenters. The molecule has 0 aliphatic carbocycles. The second-order valence-corrected chi connectivity index (χ2v) is 11.8. The van der Waals surface area contributed by atoms with E-state index in [0.717, 1.165) is 32.4 Å². The van der Waals surface area contributed by atoms with Crippen LogP contribution in [-0.2, 0) is 14.3 Å². The fourth-order valence-corrected chi connectivity index (χ4v) is 6.78. The van der Waals surface area contributed by atoms with E-state index in [0.29, 0.717) is 61.1 Å². The number of allylic oxidation sites excluding steroid dienone is 1. The molecule has 3 aliphatic rings. The number of hydrogen-bond donors (Lipinski definition) is 0. The molecule has 2 aromatic carbocycles. The average molecular weight is 634 g/mol. The maximum absolute atomic E-state index is 14.1. The number of methoxy groups -OCH3 is 1. The zero-order chi connectivity index (χ0) is 31.5. The summed E-state index contributed by atoms with van der Waals surface area (Å²) in [6, 6.07) is 9.94. The van der Waals surface area contributed by atoms with E-state index < -0.39 is 12.0 Å². The first kappa shape index (κ1) is 30.4. The van der Waals surface area contributed by atoms with E-state index in [-0.39, 0.29) is 31.5 Å². The summed E-state index contributed by atoms with van der Waals surface area (Å²) in [5, 5.41) is 0. The lowest BCUT2D eigenvalue weighted by Crippen LogP contribution is -2.40. The summed E-state index contributed by atoms with van der Waals surface area (Å²) in [5.41, 5.74) is 2.02. The van der Waals surface area contributed by atoms with Crippen molar-refractivity contribution in [2.45, 2.75) is 45.6 Å². The van der Waals surface area contributed by atoms with Gasteiger partial charge in [-0.25, -0.2) is 9.79 Å². The highest BCUT2D eigenvalue weighted by Crippen LogP contribution is 2.39. The smallest absolute Gasteiger partial charge is 0.338 e. The predicted molar refractivity (Wildman–Crippen MR) is 167 cm³/mol. The van der Waals surface area contributed by atoms with E-state index in [4.69, 9.17) is 28.7 Å². The molecule has 1 aromatic heterocycles. The van der Waals surface area contributed by atoms with E-state index in [9.17, 15) is 14.4 Å². The van der Waals surface area contributed by atoms with Gasteiger partial charge >= 0.3 is 5.97 Å². The average Bonchev–Trinajstić information content (AvgIpc) is 3.81. The van der Waals surface area contributed by atoms with Gasteiger partial charge in [0.1, 0.15) is 0 Å². The normalized spacial score (nSPS) is 17.3.